The smallest absolute Gasteiger partial charge is 0.309 e. The topological polar surface area (TPSA) is 43.4 Å². The summed E-state index contributed by atoms with van der Waals surface area (Å²) in [7, 11) is 1.36. The van der Waals surface area contributed by atoms with Crippen LogP contribution in [-0.2, 0) is 22.4 Å². The molecule has 0 aliphatic carbocycles. The highest BCUT2D eigenvalue weighted by Crippen LogP contribution is 2.14. The molecule has 0 heterocycles. The number of hydrogen-bond acceptors (Lipinski definition) is 3. The van der Waals surface area contributed by atoms with Crippen LogP contribution in [0.1, 0.15) is 21.5 Å². The molecule has 3 nitrogen and oxygen atoms in total. The molecule has 0 aromatic heterocycles. The number of ketones is 1. The summed E-state index contributed by atoms with van der Waals surface area (Å²) in [5.41, 5.74) is 2.38. The summed E-state index contributed by atoms with van der Waals surface area (Å²) in [6, 6.07) is 16.6. The van der Waals surface area contributed by atoms with Crippen LogP contribution >= 0.6 is 0 Å². The summed E-state index contributed by atoms with van der Waals surface area (Å²) in [6.45, 7) is 0. The van der Waals surface area contributed by atoms with Crippen LogP contribution in [0.4, 0.5) is 0 Å². The minimum atomic E-state index is -0.301. The Labute approximate surface area is 118 Å². The minimum absolute atomic E-state index is 0.0444. The zero-order chi connectivity index (χ0) is 14.4. The SMILES string of the molecule is COC(=O)Cc1ccccc1CC(=O)c1ccccc1. The van der Waals surface area contributed by atoms with Crippen LogP contribution in [0.25, 0.3) is 0 Å². The van der Waals surface area contributed by atoms with Gasteiger partial charge in [0.2, 0.25) is 0 Å². The maximum Gasteiger partial charge on any atom is 0.309 e. The van der Waals surface area contributed by atoms with Crippen LogP contribution in [0.2, 0.25) is 0 Å². The summed E-state index contributed by atoms with van der Waals surface area (Å²) in [5.74, 6) is -0.257. The van der Waals surface area contributed by atoms with Crippen molar-refractivity contribution in [3.8, 4) is 0 Å². The third-order valence-electron chi connectivity index (χ3n) is 3.13. The van der Waals surface area contributed by atoms with Crippen molar-refractivity contribution in [3.63, 3.8) is 0 Å². The number of Topliss-reactive ketones (excluding diaryl/α,β-unsaturated/α-hetero) is 1. The first kappa shape index (κ1) is 14.0. The Morgan fingerprint density at radius 1 is 0.850 bits per heavy atom. The molecule has 0 fully saturated rings. The summed E-state index contributed by atoms with van der Waals surface area (Å²) in [5, 5.41) is 0. The number of methoxy groups -OCH3 is 1. The molecule has 0 unspecified atom stereocenters. The lowest BCUT2D eigenvalue weighted by molar-refractivity contribution is -0.139. The van der Waals surface area contributed by atoms with E-state index in [0.29, 0.717) is 5.56 Å². The van der Waals surface area contributed by atoms with Crippen LogP contribution in [0, 0.1) is 0 Å². The largest absolute Gasteiger partial charge is 0.469 e. The van der Waals surface area contributed by atoms with E-state index in [1.807, 2.05) is 42.5 Å². The molecular formula is C17H16O3. The van der Waals surface area contributed by atoms with Crippen LogP contribution in [-0.4, -0.2) is 18.9 Å². The lowest BCUT2D eigenvalue weighted by Gasteiger charge is -2.08. The molecule has 0 amide bonds. The predicted octanol–water partition coefficient (Wildman–Crippen LogP) is 2.83. The van der Waals surface area contributed by atoms with E-state index in [9.17, 15) is 9.59 Å². The number of esters is 1. The van der Waals surface area contributed by atoms with E-state index < -0.39 is 0 Å². The molecule has 3 heteroatoms. The van der Waals surface area contributed by atoms with E-state index in [0.717, 1.165) is 11.1 Å². The third kappa shape index (κ3) is 3.54. The normalized spacial score (nSPS) is 10.1. The number of rotatable bonds is 5. The van der Waals surface area contributed by atoms with Gasteiger partial charge in [-0.05, 0) is 11.1 Å². The molecule has 20 heavy (non-hydrogen) atoms. The lowest BCUT2D eigenvalue weighted by Crippen LogP contribution is -2.10. The van der Waals surface area contributed by atoms with Crippen molar-refractivity contribution >= 4 is 11.8 Å². The van der Waals surface area contributed by atoms with Gasteiger partial charge in [0.25, 0.3) is 0 Å². The molecule has 0 spiro atoms. The number of hydrogen-bond donors (Lipinski definition) is 0. The van der Waals surface area contributed by atoms with Crippen LogP contribution in [0.3, 0.4) is 0 Å². The van der Waals surface area contributed by atoms with Crippen molar-refractivity contribution in [2.75, 3.05) is 7.11 Å². The Hall–Kier alpha value is -2.42. The van der Waals surface area contributed by atoms with Gasteiger partial charge in [0.1, 0.15) is 0 Å². The summed E-state index contributed by atoms with van der Waals surface area (Å²) in [4.78, 5) is 23.6. The first-order valence-corrected chi connectivity index (χ1v) is 6.42. The van der Waals surface area contributed by atoms with E-state index in [1.54, 1.807) is 12.1 Å². The van der Waals surface area contributed by atoms with Crippen molar-refractivity contribution in [2.24, 2.45) is 0 Å². The quantitative estimate of drug-likeness (QED) is 0.618. The third-order valence-corrected chi connectivity index (χ3v) is 3.13. The molecule has 0 radical (unpaired) electrons. The molecule has 0 aliphatic heterocycles. The van der Waals surface area contributed by atoms with Crippen molar-refractivity contribution < 1.29 is 14.3 Å². The molecule has 2 aromatic carbocycles. The van der Waals surface area contributed by atoms with E-state index in [-0.39, 0.29) is 24.6 Å². The molecule has 0 saturated heterocycles. The summed E-state index contributed by atoms with van der Waals surface area (Å²) in [6.07, 6.45) is 0.478. The van der Waals surface area contributed by atoms with Crippen LogP contribution in [0.15, 0.2) is 54.6 Å². The molecule has 0 N–H and O–H groups in total. The van der Waals surface area contributed by atoms with Gasteiger partial charge < -0.3 is 4.74 Å². The van der Waals surface area contributed by atoms with Gasteiger partial charge in [0.05, 0.1) is 13.5 Å². The fourth-order valence-corrected chi connectivity index (χ4v) is 2.03. The molecule has 0 saturated carbocycles. The molecule has 0 bridgehead atoms. The first-order valence-electron chi connectivity index (χ1n) is 6.42. The second-order valence-corrected chi connectivity index (χ2v) is 4.49. The Balaban J connectivity index is 2.17. The Morgan fingerprint density at radius 3 is 2.00 bits per heavy atom. The van der Waals surface area contributed by atoms with Crippen LogP contribution in [0.5, 0.6) is 0 Å². The van der Waals surface area contributed by atoms with Gasteiger partial charge in [0, 0.05) is 12.0 Å². The standard InChI is InChI=1S/C17H16O3/c1-20-17(19)12-15-10-6-5-9-14(15)11-16(18)13-7-3-2-4-8-13/h2-10H,11-12H2,1H3. The van der Waals surface area contributed by atoms with E-state index in [4.69, 9.17) is 0 Å². The van der Waals surface area contributed by atoms with Crippen molar-refractivity contribution in [2.45, 2.75) is 12.8 Å². The molecule has 102 valence electrons. The van der Waals surface area contributed by atoms with Gasteiger partial charge in [-0.3, -0.25) is 9.59 Å². The van der Waals surface area contributed by atoms with Gasteiger partial charge in [-0.25, -0.2) is 0 Å². The Bertz CT molecular complexity index is 603. The molecule has 2 aromatic rings. The molecule has 2 rings (SSSR count). The highest BCUT2D eigenvalue weighted by atomic mass is 16.5. The van der Waals surface area contributed by atoms with Gasteiger partial charge in [0.15, 0.2) is 5.78 Å². The fourth-order valence-electron chi connectivity index (χ4n) is 2.03. The number of ether oxygens (including phenoxy) is 1. The average molecular weight is 268 g/mol. The van der Waals surface area contributed by atoms with Gasteiger partial charge in [-0.15, -0.1) is 0 Å². The van der Waals surface area contributed by atoms with Crippen molar-refractivity contribution in [3.05, 3.63) is 71.3 Å². The van der Waals surface area contributed by atoms with Crippen molar-refractivity contribution in [1.82, 2.24) is 0 Å². The zero-order valence-corrected chi connectivity index (χ0v) is 11.3. The Morgan fingerprint density at radius 2 is 1.40 bits per heavy atom. The zero-order valence-electron chi connectivity index (χ0n) is 11.3. The second kappa shape index (κ2) is 6.66. The van der Waals surface area contributed by atoms with Gasteiger partial charge in [-0.1, -0.05) is 54.6 Å². The van der Waals surface area contributed by atoms with Gasteiger partial charge >= 0.3 is 5.97 Å². The van der Waals surface area contributed by atoms with Gasteiger partial charge in [-0.2, -0.15) is 0 Å². The van der Waals surface area contributed by atoms with E-state index in [2.05, 4.69) is 4.74 Å². The Kier molecular flexibility index (Phi) is 4.66. The second-order valence-electron chi connectivity index (χ2n) is 4.49. The average Bonchev–Trinajstić information content (AvgIpc) is 2.50. The van der Waals surface area contributed by atoms with Crippen LogP contribution < -0.4 is 0 Å². The highest BCUT2D eigenvalue weighted by Gasteiger charge is 2.12. The van der Waals surface area contributed by atoms with E-state index in [1.165, 1.54) is 7.11 Å². The lowest BCUT2D eigenvalue weighted by atomic mass is 9.97. The summed E-state index contributed by atoms with van der Waals surface area (Å²) < 4.78 is 4.67. The predicted molar refractivity (Wildman–Crippen MR) is 76.6 cm³/mol. The number of benzene rings is 2. The maximum absolute atomic E-state index is 12.2. The minimum Gasteiger partial charge on any atom is -0.469 e. The number of carbonyl (C=O) groups is 2. The fraction of sp³-hybridized carbons (Fsp3) is 0.176. The first-order chi connectivity index (χ1) is 9.70. The molecule has 0 aliphatic rings. The summed E-state index contributed by atoms with van der Waals surface area (Å²) >= 11 is 0. The monoisotopic (exact) mass is 268 g/mol. The molecular weight excluding hydrogens is 252 g/mol. The number of carbonyl (C=O) groups excluding carboxylic acids is 2. The van der Waals surface area contributed by atoms with E-state index >= 15 is 0 Å². The highest BCUT2D eigenvalue weighted by molar-refractivity contribution is 5.97. The maximum atomic E-state index is 12.2. The van der Waals surface area contributed by atoms with Crippen molar-refractivity contribution in [1.29, 1.82) is 0 Å². The molecule has 0 atom stereocenters.